The second-order valence-corrected chi connectivity index (χ2v) is 7.21. The molecule has 1 aromatic carbocycles. The van der Waals surface area contributed by atoms with Crippen LogP contribution in [0.4, 0.5) is 0 Å². The molecular weight excluding hydrogens is 346 g/mol. The molecule has 2 unspecified atom stereocenters. The van der Waals surface area contributed by atoms with Gasteiger partial charge in [0, 0.05) is 45.2 Å². The Morgan fingerprint density at radius 3 is 2.67 bits per heavy atom. The summed E-state index contributed by atoms with van der Waals surface area (Å²) in [4.78, 5) is 28.7. The highest BCUT2D eigenvalue weighted by atomic mass is 16.5. The number of hydrogen-bond donors (Lipinski definition) is 1. The summed E-state index contributed by atoms with van der Waals surface area (Å²) < 4.78 is 11.2. The van der Waals surface area contributed by atoms with Gasteiger partial charge in [-0.3, -0.25) is 9.59 Å². The molecule has 2 fully saturated rings. The number of nitrogens with zero attached hydrogens (tertiary/aromatic N) is 2. The molecule has 2 amide bonds. The van der Waals surface area contributed by atoms with E-state index in [1.54, 1.807) is 11.8 Å². The fraction of sp³-hybridized carbons (Fsp3) is 0.600. The van der Waals surface area contributed by atoms with Gasteiger partial charge in [-0.2, -0.15) is 0 Å². The van der Waals surface area contributed by atoms with Gasteiger partial charge in [0.05, 0.1) is 13.2 Å². The molecule has 0 aromatic heterocycles. The summed E-state index contributed by atoms with van der Waals surface area (Å²) in [5, 5.41) is 3.30. The number of amides is 2. The topological polar surface area (TPSA) is 71.1 Å². The molecule has 0 bridgehead atoms. The van der Waals surface area contributed by atoms with Crippen LogP contribution >= 0.6 is 0 Å². The van der Waals surface area contributed by atoms with Crippen molar-refractivity contribution in [1.82, 2.24) is 15.1 Å². The zero-order valence-electron chi connectivity index (χ0n) is 16.1. The molecule has 1 N–H and O–H groups in total. The van der Waals surface area contributed by atoms with Crippen LogP contribution in [0, 0.1) is 6.92 Å². The molecule has 2 heterocycles. The first-order chi connectivity index (χ1) is 13.0. The lowest BCUT2D eigenvalue weighted by atomic mass is 10.1. The van der Waals surface area contributed by atoms with Crippen molar-refractivity contribution in [2.24, 2.45) is 0 Å². The van der Waals surface area contributed by atoms with Crippen LogP contribution < -0.4 is 10.1 Å². The number of hydrogen-bond acceptors (Lipinski definition) is 5. The Hall–Kier alpha value is -2.12. The Labute approximate surface area is 160 Å². The number of nitrogens with one attached hydrogen (secondary N) is 1. The zero-order chi connectivity index (χ0) is 19.2. The number of benzene rings is 1. The molecule has 2 saturated heterocycles. The van der Waals surface area contributed by atoms with Crippen molar-refractivity contribution in [3.63, 3.8) is 0 Å². The van der Waals surface area contributed by atoms with Crippen molar-refractivity contribution in [3.05, 3.63) is 29.8 Å². The molecule has 7 nitrogen and oxygen atoms in total. The monoisotopic (exact) mass is 375 g/mol. The van der Waals surface area contributed by atoms with Crippen LogP contribution in [-0.4, -0.2) is 79.7 Å². The number of rotatable bonds is 5. The molecule has 2 aliphatic rings. The lowest BCUT2D eigenvalue weighted by Gasteiger charge is -2.36. The van der Waals surface area contributed by atoms with Crippen molar-refractivity contribution in [2.45, 2.75) is 32.4 Å². The Balaban J connectivity index is 1.44. The predicted molar refractivity (Wildman–Crippen MR) is 102 cm³/mol. The van der Waals surface area contributed by atoms with Gasteiger partial charge in [-0.15, -0.1) is 0 Å². The summed E-state index contributed by atoms with van der Waals surface area (Å²) in [6.45, 7) is 8.05. The fourth-order valence-corrected chi connectivity index (χ4v) is 3.47. The fourth-order valence-electron chi connectivity index (χ4n) is 3.47. The highest BCUT2D eigenvalue weighted by Gasteiger charge is 2.29. The van der Waals surface area contributed by atoms with Crippen LogP contribution in [0.5, 0.6) is 5.75 Å². The van der Waals surface area contributed by atoms with Gasteiger partial charge in [0.1, 0.15) is 5.75 Å². The van der Waals surface area contributed by atoms with E-state index in [0.717, 1.165) is 12.1 Å². The molecule has 0 saturated carbocycles. The van der Waals surface area contributed by atoms with Crippen molar-refractivity contribution < 1.29 is 19.1 Å². The maximum atomic E-state index is 12.7. The van der Waals surface area contributed by atoms with Gasteiger partial charge < -0.3 is 24.6 Å². The molecule has 7 heteroatoms. The molecule has 3 rings (SSSR count). The predicted octanol–water partition coefficient (Wildman–Crippen LogP) is 0.812. The van der Waals surface area contributed by atoms with E-state index in [0.29, 0.717) is 51.6 Å². The molecule has 2 aliphatic heterocycles. The molecule has 2 atom stereocenters. The second-order valence-electron chi connectivity index (χ2n) is 7.21. The zero-order valence-corrected chi connectivity index (χ0v) is 16.1. The van der Waals surface area contributed by atoms with E-state index < -0.39 is 6.10 Å². The van der Waals surface area contributed by atoms with Crippen molar-refractivity contribution in [1.29, 1.82) is 0 Å². The van der Waals surface area contributed by atoms with E-state index in [-0.39, 0.29) is 17.9 Å². The van der Waals surface area contributed by atoms with Crippen LogP contribution in [0.15, 0.2) is 24.3 Å². The van der Waals surface area contributed by atoms with Crippen molar-refractivity contribution in [2.75, 3.05) is 45.9 Å². The third-order valence-corrected chi connectivity index (χ3v) is 5.01. The number of ether oxygens (including phenoxy) is 2. The first-order valence-corrected chi connectivity index (χ1v) is 9.64. The minimum atomic E-state index is -0.544. The Morgan fingerprint density at radius 1 is 1.26 bits per heavy atom. The van der Waals surface area contributed by atoms with Gasteiger partial charge in [0.2, 0.25) is 5.91 Å². The van der Waals surface area contributed by atoms with Crippen LogP contribution in [0.25, 0.3) is 0 Å². The quantitative estimate of drug-likeness (QED) is 0.825. The highest BCUT2D eigenvalue weighted by molar-refractivity contribution is 5.82. The summed E-state index contributed by atoms with van der Waals surface area (Å²) in [5.41, 5.74) is 1.09. The van der Waals surface area contributed by atoms with Crippen LogP contribution in [0.2, 0.25) is 0 Å². The number of carbonyl (C=O) groups is 2. The molecule has 0 radical (unpaired) electrons. The van der Waals surface area contributed by atoms with E-state index >= 15 is 0 Å². The van der Waals surface area contributed by atoms with Gasteiger partial charge in [-0.1, -0.05) is 12.1 Å². The van der Waals surface area contributed by atoms with Gasteiger partial charge in [-0.25, -0.2) is 0 Å². The van der Waals surface area contributed by atoms with Crippen LogP contribution in [0.3, 0.4) is 0 Å². The minimum absolute atomic E-state index is 0.0362. The standard InChI is InChI=1S/C20H29N3O4/c1-15-4-3-5-18(12-15)27-16(2)20(25)23-9-7-22(8-10-23)19(24)13-17-14-26-11-6-21-17/h3-5,12,16-17,21H,6-11,13-14H2,1-2H3. The molecule has 27 heavy (non-hydrogen) atoms. The largest absolute Gasteiger partial charge is 0.481 e. The third kappa shape index (κ3) is 5.43. The lowest BCUT2D eigenvalue weighted by molar-refractivity contribution is -0.144. The van der Waals surface area contributed by atoms with Gasteiger partial charge in [0.25, 0.3) is 5.91 Å². The molecule has 1 aromatic rings. The van der Waals surface area contributed by atoms with E-state index in [4.69, 9.17) is 9.47 Å². The normalized spacial score (nSPS) is 21.6. The number of carbonyl (C=O) groups excluding carboxylic acids is 2. The minimum Gasteiger partial charge on any atom is -0.481 e. The molecule has 0 spiro atoms. The lowest BCUT2D eigenvalue weighted by Crippen LogP contribution is -2.54. The van der Waals surface area contributed by atoms with Crippen molar-refractivity contribution in [3.8, 4) is 5.75 Å². The number of morpholine rings is 1. The van der Waals surface area contributed by atoms with Gasteiger partial charge in [0.15, 0.2) is 6.10 Å². The smallest absolute Gasteiger partial charge is 0.263 e. The summed E-state index contributed by atoms with van der Waals surface area (Å²) in [6.07, 6.45) is -0.0986. The molecule has 148 valence electrons. The van der Waals surface area contributed by atoms with E-state index in [1.165, 1.54) is 0 Å². The van der Waals surface area contributed by atoms with Gasteiger partial charge >= 0.3 is 0 Å². The first-order valence-electron chi connectivity index (χ1n) is 9.64. The maximum Gasteiger partial charge on any atom is 0.263 e. The summed E-state index contributed by atoms with van der Waals surface area (Å²) in [5.74, 6) is 0.784. The van der Waals surface area contributed by atoms with E-state index in [9.17, 15) is 9.59 Å². The Bertz CT molecular complexity index is 652. The Kier molecular flexibility index (Phi) is 6.68. The average Bonchev–Trinajstić information content (AvgIpc) is 2.68. The highest BCUT2D eigenvalue weighted by Crippen LogP contribution is 2.16. The first kappa shape index (κ1) is 19.6. The van der Waals surface area contributed by atoms with Crippen LogP contribution in [0.1, 0.15) is 18.9 Å². The average molecular weight is 375 g/mol. The van der Waals surface area contributed by atoms with Gasteiger partial charge in [-0.05, 0) is 31.5 Å². The van der Waals surface area contributed by atoms with Crippen molar-refractivity contribution >= 4 is 11.8 Å². The summed E-state index contributed by atoms with van der Waals surface area (Å²) >= 11 is 0. The summed E-state index contributed by atoms with van der Waals surface area (Å²) in [7, 11) is 0. The van der Waals surface area contributed by atoms with E-state index in [1.807, 2.05) is 36.1 Å². The maximum absolute atomic E-state index is 12.7. The third-order valence-electron chi connectivity index (χ3n) is 5.01. The SMILES string of the molecule is Cc1cccc(OC(C)C(=O)N2CCN(C(=O)CC3COCCN3)CC2)c1. The molecular formula is C20H29N3O4. The Morgan fingerprint density at radius 2 is 2.00 bits per heavy atom. The number of aryl methyl sites for hydroxylation is 1. The second kappa shape index (κ2) is 9.19. The number of piperazine rings is 1. The van der Waals surface area contributed by atoms with E-state index in [2.05, 4.69) is 5.32 Å². The molecule has 0 aliphatic carbocycles. The summed E-state index contributed by atoms with van der Waals surface area (Å²) in [6, 6.07) is 7.77. The van der Waals surface area contributed by atoms with Crippen LogP contribution in [-0.2, 0) is 14.3 Å².